The van der Waals surface area contributed by atoms with Gasteiger partial charge in [0, 0.05) is 37.5 Å². The van der Waals surface area contributed by atoms with E-state index in [1.807, 2.05) is 4.90 Å². The molecule has 2 saturated heterocycles. The Morgan fingerprint density at radius 2 is 1.86 bits per heavy atom. The number of likely N-dealkylation sites (N-methyl/N-ethyl adjacent to an activating group) is 1. The number of benzene rings is 1. The molecule has 2 aliphatic heterocycles. The number of thiophene rings is 1. The molecule has 4 heterocycles. The van der Waals surface area contributed by atoms with Crippen LogP contribution in [0.5, 0.6) is 0 Å². The van der Waals surface area contributed by atoms with E-state index in [1.54, 1.807) is 43.4 Å². The van der Waals surface area contributed by atoms with Gasteiger partial charge in [0.1, 0.15) is 20.7 Å². The van der Waals surface area contributed by atoms with Crippen LogP contribution >= 0.6 is 34.5 Å². The number of urea groups is 1. The molecule has 1 aromatic carbocycles. The molecular formula is C25H19Cl2N5O4S. The van der Waals surface area contributed by atoms with Crippen LogP contribution in [0, 0.1) is 11.3 Å². The molecule has 3 amide bonds. The number of hydrogen-bond donors (Lipinski definition) is 1. The highest BCUT2D eigenvalue weighted by atomic mass is 35.5. The fraction of sp³-hybridized carbons (Fsp3) is 0.240. The minimum absolute atomic E-state index is 0.0512. The third-order valence-electron chi connectivity index (χ3n) is 6.83. The van der Waals surface area contributed by atoms with Crippen LogP contribution in [0.2, 0.25) is 10.3 Å². The zero-order valence-corrected chi connectivity index (χ0v) is 21.7. The Kier molecular flexibility index (Phi) is 6.41. The summed E-state index contributed by atoms with van der Waals surface area (Å²) < 4.78 is 0. The summed E-state index contributed by atoms with van der Waals surface area (Å²) in [6.45, 7) is 1.07. The number of likely N-dealkylation sites (tertiary alicyclic amines) is 1. The first kappa shape index (κ1) is 25.2. The van der Waals surface area contributed by atoms with E-state index in [9.17, 15) is 24.8 Å². The van der Waals surface area contributed by atoms with Gasteiger partial charge in [-0.1, -0.05) is 35.3 Å². The molecule has 0 radical (unpaired) electrons. The predicted molar refractivity (Wildman–Crippen MR) is 138 cm³/mol. The van der Waals surface area contributed by atoms with Gasteiger partial charge in [-0.3, -0.25) is 9.69 Å². The van der Waals surface area contributed by atoms with Gasteiger partial charge >= 0.3 is 12.0 Å². The van der Waals surface area contributed by atoms with Crippen molar-refractivity contribution in [3.05, 3.63) is 79.7 Å². The predicted octanol–water partition coefficient (Wildman–Crippen LogP) is 4.46. The van der Waals surface area contributed by atoms with Gasteiger partial charge in [0.15, 0.2) is 0 Å². The van der Waals surface area contributed by atoms with Crippen molar-refractivity contribution in [3.63, 3.8) is 0 Å². The van der Waals surface area contributed by atoms with Crippen LogP contribution in [0.15, 0.2) is 48.5 Å². The summed E-state index contributed by atoms with van der Waals surface area (Å²) in [4.78, 5) is 48.6. The molecule has 3 aromatic rings. The van der Waals surface area contributed by atoms with Gasteiger partial charge in [-0.25, -0.2) is 19.5 Å². The first-order valence-corrected chi connectivity index (χ1v) is 12.7. The van der Waals surface area contributed by atoms with Crippen LogP contribution in [0.4, 0.5) is 10.5 Å². The fourth-order valence-corrected chi connectivity index (χ4v) is 6.46. The van der Waals surface area contributed by atoms with Gasteiger partial charge in [-0.2, -0.15) is 5.26 Å². The maximum Gasteiger partial charge on any atom is 0.345 e. The monoisotopic (exact) mass is 555 g/mol. The number of hydrogen-bond acceptors (Lipinski definition) is 7. The van der Waals surface area contributed by atoms with Crippen molar-refractivity contribution in [2.75, 3.05) is 25.0 Å². The Bertz CT molecular complexity index is 1450. The largest absolute Gasteiger partial charge is 0.477 e. The Hall–Kier alpha value is -3.49. The molecule has 2 fully saturated rings. The number of amides is 3. The van der Waals surface area contributed by atoms with Crippen LogP contribution < -0.4 is 4.90 Å². The van der Waals surface area contributed by atoms with Crippen molar-refractivity contribution in [3.8, 4) is 6.07 Å². The van der Waals surface area contributed by atoms with Gasteiger partial charge in [-0.15, -0.1) is 11.3 Å². The molecule has 12 heteroatoms. The number of nitrogens with zero attached hydrogens (tertiary/aromatic N) is 5. The lowest BCUT2D eigenvalue weighted by Crippen LogP contribution is -2.53. The summed E-state index contributed by atoms with van der Waals surface area (Å²) in [5.41, 5.74) is 0.266. The van der Waals surface area contributed by atoms with Gasteiger partial charge < -0.3 is 10.0 Å². The second-order valence-corrected chi connectivity index (χ2v) is 10.8. The number of carboxylic acid groups (broad SMARTS) is 1. The van der Waals surface area contributed by atoms with Crippen molar-refractivity contribution in [1.82, 2.24) is 14.8 Å². The SMILES string of the molecule is CN1C(=O)N(c2cc(Cl)nc(Cl)c2)C(=O)[C@]12CN(Cc1ccc(C(=O)O)s1)C[C@@H]2c1ccc(C#N)cc1. The average Bonchev–Trinajstić information content (AvgIpc) is 3.53. The van der Waals surface area contributed by atoms with Crippen LogP contribution in [0.3, 0.4) is 0 Å². The first-order valence-electron chi connectivity index (χ1n) is 11.1. The molecule has 1 spiro atoms. The maximum absolute atomic E-state index is 14.2. The van der Waals surface area contributed by atoms with E-state index in [0.717, 1.165) is 15.3 Å². The third-order valence-corrected chi connectivity index (χ3v) is 8.28. The Morgan fingerprint density at radius 3 is 2.46 bits per heavy atom. The van der Waals surface area contributed by atoms with Crippen molar-refractivity contribution in [2.45, 2.75) is 18.0 Å². The topological polar surface area (TPSA) is 118 Å². The molecule has 2 atom stereocenters. The molecule has 37 heavy (non-hydrogen) atoms. The summed E-state index contributed by atoms with van der Waals surface area (Å²) >= 11 is 13.3. The number of anilines is 1. The molecule has 2 aromatic heterocycles. The van der Waals surface area contributed by atoms with E-state index in [0.29, 0.717) is 18.7 Å². The lowest BCUT2D eigenvalue weighted by molar-refractivity contribution is -0.124. The molecule has 0 saturated carbocycles. The van der Waals surface area contributed by atoms with Crippen molar-refractivity contribution in [1.29, 1.82) is 5.26 Å². The molecule has 188 valence electrons. The van der Waals surface area contributed by atoms with Gasteiger partial charge in [0.2, 0.25) is 0 Å². The van der Waals surface area contributed by atoms with E-state index in [2.05, 4.69) is 11.1 Å². The second kappa shape index (κ2) is 9.43. The number of aromatic nitrogens is 1. The van der Waals surface area contributed by atoms with E-state index >= 15 is 0 Å². The number of carboxylic acids is 1. The highest BCUT2D eigenvalue weighted by Gasteiger charge is 2.64. The fourth-order valence-electron chi connectivity index (χ4n) is 5.12. The highest BCUT2D eigenvalue weighted by molar-refractivity contribution is 7.13. The summed E-state index contributed by atoms with van der Waals surface area (Å²) in [5, 5.41) is 18.6. The van der Waals surface area contributed by atoms with Crippen LogP contribution in [-0.2, 0) is 11.3 Å². The standard InChI is InChI=1S/C25H19Cl2N5O4S/c1-30-24(36)32(16-8-20(26)29-21(27)9-16)23(35)25(30)13-31(11-17-6-7-19(37-17)22(33)34)12-18(25)15-4-2-14(10-28)3-5-15/h2-9,18H,11-13H2,1H3,(H,33,34)/t18-,25-/m1/s1. The Morgan fingerprint density at radius 1 is 1.19 bits per heavy atom. The van der Waals surface area contributed by atoms with Gasteiger partial charge in [-0.05, 0) is 42.0 Å². The number of imide groups is 1. The van der Waals surface area contributed by atoms with E-state index in [4.69, 9.17) is 23.2 Å². The molecule has 0 aliphatic carbocycles. The van der Waals surface area contributed by atoms with Gasteiger partial charge in [0.25, 0.3) is 5.91 Å². The molecule has 0 unspecified atom stereocenters. The second-order valence-electron chi connectivity index (χ2n) is 8.90. The number of rotatable bonds is 5. The molecule has 5 rings (SSSR count). The van der Waals surface area contributed by atoms with E-state index in [1.165, 1.54) is 28.4 Å². The lowest BCUT2D eigenvalue weighted by atomic mass is 9.80. The summed E-state index contributed by atoms with van der Waals surface area (Å²) in [7, 11) is 1.60. The molecule has 9 nitrogen and oxygen atoms in total. The lowest BCUT2D eigenvalue weighted by Gasteiger charge is -2.34. The van der Waals surface area contributed by atoms with E-state index in [-0.39, 0.29) is 27.4 Å². The average molecular weight is 556 g/mol. The van der Waals surface area contributed by atoms with Crippen LogP contribution in [0.25, 0.3) is 0 Å². The van der Waals surface area contributed by atoms with Crippen LogP contribution in [-0.4, -0.2) is 63.5 Å². The van der Waals surface area contributed by atoms with E-state index < -0.39 is 29.4 Å². The minimum Gasteiger partial charge on any atom is -0.477 e. The third kappa shape index (κ3) is 4.24. The Labute approximate surface area is 226 Å². The first-order chi connectivity index (χ1) is 17.6. The number of carbonyl (C=O) groups is 3. The zero-order chi connectivity index (χ0) is 26.5. The summed E-state index contributed by atoms with van der Waals surface area (Å²) in [6.07, 6.45) is 0. The normalized spacial score (nSPS) is 21.7. The Balaban J connectivity index is 1.56. The molecule has 1 N–H and O–H groups in total. The minimum atomic E-state index is -1.25. The number of carbonyl (C=O) groups excluding carboxylic acids is 2. The molecule has 0 bridgehead atoms. The summed E-state index contributed by atoms with van der Waals surface area (Å²) in [5.74, 6) is -1.84. The number of halogens is 2. The van der Waals surface area contributed by atoms with Crippen LogP contribution in [0.1, 0.15) is 31.6 Å². The van der Waals surface area contributed by atoms with Crippen molar-refractivity contribution in [2.24, 2.45) is 0 Å². The molecular weight excluding hydrogens is 537 g/mol. The summed E-state index contributed by atoms with van der Waals surface area (Å²) in [6, 6.07) is 14.7. The number of nitriles is 1. The smallest absolute Gasteiger partial charge is 0.345 e. The zero-order valence-electron chi connectivity index (χ0n) is 19.4. The van der Waals surface area contributed by atoms with Crippen molar-refractivity contribution >= 4 is 58.1 Å². The van der Waals surface area contributed by atoms with Gasteiger partial charge in [0.05, 0.1) is 17.3 Å². The number of aromatic carboxylic acids is 1. The quantitative estimate of drug-likeness (QED) is 0.364. The highest BCUT2D eigenvalue weighted by Crippen LogP contribution is 2.47. The number of pyridine rings is 1. The van der Waals surface area contributed by atoms with Crippen molar-refractivity contribution < 1.29 is 19.5 Å². The molecule has 2 aliphatic rings. The maximum atomic E-state index is 14.2.